The zero-order valence-corrected chi connectivity index (χ0v) is 10.9. The normalized spacial score (nSPS) is 15.1. The summed E-state index contributed by atoms with van der Waals surface area (Å²) in [6.45, 7) is 1.76. The van der Waals surface area contributed by atoms with Gasteiger partial charge in [-0.2, -0.15) is 4.99 Å². The van der Waals surface area contributed by atoms with E-state index in [1.165, 1.54) is 12.4 Å². The van der Waals surface area contributed by atoms with Crippen LogP contribution in [0, 0.1) is 12.7 Å². The second-order valence-electron chi connectivity index (χ2n) is 4.98. The molecule has 18 heavy (non-hydrogen) atoms. The lowest BCUT2D eigenvalue weighted by molar-refractivity contribution is 0.0998. The highest BCUT2D eigenvalue weighted by Gasteiger charge is 2.26. The van der Waals surface area contributed by atoms with Crippen molar-refractivity contribution >= 4 is 12.2 Å². The molecule has 4 heteroatoms. The molecule has 0 spiro atoms. The van der Waals surface area contributed by atoms with Crippen molar-refractivity contribution in [2.45, 2.75) is 25.7 Å². The maximum absolute atomic E-state index is 14.0. The molecule has 1 aliphatic carbocycles. The molecule has 3 nitrogen and oxygen atoms in total. The molecule has 2 rings (SSSR count). The van der Waals surface area contributed by atoms with E-state index < -0.39 is 11.7 Å². The molecule has 0 atom stereocenters. The third-order valence-corrected chi connectivity index (χ3v) is 2.98. The summed E-state index contributed by atoms with van der Waals surface area (Å²) in [4.78, 5) is 17.2. The van der Waals surface area contributed by atoms with Crippen molar-refractivity contribution < 1.29 is 9.18 Å². The molecule has 1 aromatic carbocycles. The monoisotopic (exact) mass is 248 g/mol. The lowest BCUT2D eigenvalue weighted by Crippen LogP contribution is -2.11. The average molecular weight is 248 g/mol. The zero-order chi connectivity index (χ0) is 13.3. The number of nitrogens with zero attached hydrogens (tertiary/aromatic N) is 2. The van der Waals surface area contributed by atoms with E-state index >= 15 is 0 Å². The van der Waals surface area contributed by atoms with Gasteiger partial charge in [0, 0.05) is 14.1 Å². The number of benzene rings is 1. The summed E-state index contributed by atoms with van der Waals surface area (Å²) in [5.41, 5.74) is 1.74. The highest BCUT2D eigenvalue weighted by Crippen LogP contribution is 2.41. The fourth-order valence-electron chi connectivity index (χ4n) is 1.93. The summed E-state index contributed by atoms with van der Waals surface area (Å²) >= 11 is 0. The van der Waals surface area contributed by atoms with Crippen LogP contribution in [0.2, 0.25) is 0 Å². The predicted octanol–water partition coefficient (Wildman–Crippen LogP) is 2.74. The summed E-state index contributed by atoms with van der Waals surface area (Å²) in [6, 6.07) is 3.38. The minimum Gasteiger partial charge on any atom is -0.369 e. The van der Waals surface area contributed by atoms with Crippen LogP contribution in [0.15, 0.2) is 17.1 Å². The number of rotatable bonds is 3. The van der Waals surface area contributed by atoms with Crippen LogP contribution in [0.25, 0.3) is 0 Å². The summed E-state index contributed by atoms with van der Waals surface area (Å²) in [5.74, 6) is -0.508. The molecule has 1 amide bonds. The van der Waals surface area contributed by atoms with Gasteiger partial charge >= 0.3 is 0 Å². The maximum atomic E-state index is 14.0. The van der Waals surface area contributed by atoms with Crippen LogP contribution < -0.4 is 0 Å². The number of amides is 1. The van der Waals surface area contributed by atoms with E-state index in [9.17, 15) is 9.18 Å². The Hall–Kier alpha value is -1.71. The highest BCUT2D eigenvalue weighted by atomic mass is 19.1. The second kappa shape index (κ2) is 4.88. The lowest BCUT2D eigenvalue weighted by atomic mass is 10.0. The molecular weight excluding hydrogens is 231 g/mol. The van der Waals surface area contributed by atoms with Crippen molar-refractivity contribution in [2.75, 3.05) is 14.1 Å². The quantitative estimate of drug-likeness (QED) is 0.608. The Morgan fingerprint density at radius 2 is 2.11 bits per heavy atom. The Morgan fingerprint density at radius 1 is 1.44 bits per heavy atom. The molecule has 1 saturated carbocycles. The number of hydrogen-bond donors (Lipinski definition) is 0. The number of aliphatic imine (C=N–C) groups is 1. The fourth-order valence-corrected chi connectivity index (χ4v) is 1.93. The van der Waals surface area contributed by atoms with Crippen LogP contribution in [0.1, 0.15) is 40.2 Å². The van der Waals surface area contributed by atoms with Crippen LogP contribution in [0.5, 0.6) is 0 Å². The van der Waals surface area contributed by atoms with Crippen LogP contribution in [0.3, 0.4) is 0 Å². The van der Waals surface area contributed by atoms with Crippen molar-refractivity contribution in [2.24, 2.45) is 4.99 Å². The Kier molecular flexibility index (Phi) is 3.45. The maximum Gasteiger partial charge on any atom is 0.281 e. The minimum absolute atomic E-state index is 0.0810. The smallest absolute Gasteiger partial charge is 0.281 e. The molecule has 96 valence electrons. The van der Waals surface area contributed by atoms with Crippen molar-refractivity contribution in [3.8, 4) is 0 Å². The van der Waals surface area contributed by atoms with Gasteiger partial charge in [-0.15, -0.1) is 0 Å². The predicted molar refractivity (Wildman–Crippen MR) is 69.6 cm³/mol. The van der Waals surface area contributed by atoms with E-state index in [0.717, 1.165) is 18.4 Å². The largest absolute Gasteiger partial charge is 0.369 e. The average Bonchev–Trinajstić information content (AvgIpc) is 3.08. The Balaban J connectivity index is 2.30. The van der Waals surface area contributed by atoms with E-state index in [1.54, 1.807) is 25.9 Å². The first-order valence-corrected chi connectivity index (χ1v) is 6.04. The molecule has 0 aromatic heterocycles. The topological polar surface area (TPSA) is 32.7 Å². The van der Waals surface area contributed by atoms with Gasteiger partial charge in [0.05, 0.1) is 11.9 Å². The Bertz CT molecular complexity index is 482. The van der Waals surface area contributed by atoms with Crippen molar-refractivity contribution in [3.05, 3.63) is 34.6 Å². The minimum atomic E-state index is -0.527. The number of aryl methyl sites for hydroxylation is 1. The number of halogens is 1. The molecule has 0 saturated heterocycles. The van der Waals surface area contributed by atoms with Gasteiger partial charge in [0.2, 0.25) is 0 Å². The van der Waals surface area contributed by atoms with E-state index in [1.807, 2.05) is 6.07 Å². The third kappa shape index (κ3) is 2.75. The Morgan fingerprint density at radius 3 is 2.61 bits per heavy atom. The summed E-state index contributed by atoms with van der Waals surface area (Å²) in [7, 11) is 3.52. The SMILES string of the molecule is Cc1cc(C2CC2)cc(F)c1C(=O)/N=C/N(C)C. The number of carbonyl (C=O) groups excluding carboxylic acids is 1. The molecular formula is C14H17FN2O. The van der Waals surface area contributed by atoms with Crippen molar-refractivity contribution in [1.82, 2.24) is 4.90 Å². The fraction of sp³-hybridized carbons (Fsp3) is 0.429. The van der Waals surface area contributed by atoms with Crippen LogP contribution in [-0.4, -0.2) is 31.2 Å². The number of hydrogen-bond acceptors (Lipinski definition) is 1. The van der Waals surface area contributed by atoms with Gasteiger partial charge in [-0.25, -0.2) is 4.39 Å². The highest BCUT2D eigenvalue weighted by molar-refractivity contribution is 6.00. The van der Waals surface area contributed by atoms with Gasteiger partial charge in [-0.05, 0) is 42.9 Å². The lowest BCUT2D eigenvalue weighted by Gasteiger charge is -2.07. The van der Waals surface area contributed by atoms with Gasteiger partial charge < -0.3 is 4.90 Å². The number of carbonyl (C=O) groups is 1. The molecule has 0 heterocycles. The standard InChI is InChI=1S/C14H17FN2O/c1-9-6-11(10-4-5-10)7-12(15)13(9)14(18)16-8-17(2)3/h6-8,10H,4-5H2,1-3H3/b16-8+. The first-order valence-electron chi connectivity index (χ1n) is 6.04. The first kappa shape index (κ1) is 12.7. The molecule has 0 unspecified atom stereocenters. The van der Waals surface area contributed by atoms with Gasteiger partial charge in [0.1, 0.15) is 5.82 Å². The van der Waals surface area contributed by atoms with Crippen molar-refractivity contribution in [3.63, 3.8) is 0 Å². The van der Waals surface area contributed by atoms with Gasteiger partial charge in [-0.1, -0.05) is 6.07 Å². The van der Waals surface area contributed by atoms with E-state index in [-0.39, 0.29) is 5.56 Å². The molecule has 1 aliphatic rings. The molecule has 1 fully saturated rings. The van der Waals surface area contributed by atoms with Crippen LogP contribution in [0.4, 0.5) is 4.39 Å². The first-order chi connectivity index (χ1) is 8.49. The molecule has 0 bridgehead atoms. The molecule has 0 radical (unpaired) electrons. The Labute approximate surface area is 106 Å². The van der Waals surface area contributed by atoms with E-state index in [2.05, 4.69) is 4.99 Å². The van der Waals surface area contributed by atoms with Gasteiger partial charge in [-0.3, -0.25) is 4.79 Å². The molecule has 1 aromatic rings. The third-order valence-electron chi connectivity index (χ3n) is 2.98. The van der Waals surface area contributed by atoms with E-state index in [0.29, 0.717) is 11.5 Å². The van der Waals surface area contributed by atoms with Gasteiger partial charge in [0.15, 0.2) is 0 Å². The zero-order valence-electron chi connectivity index (χ0n) is 10.9. The molecule has 0 aliphatic heterocycles. The van der Waals surface area contributed by atoms with Crippen molar-refractivity contribution in [1.29, 1.82) is 0 Å². The summed E-state index contributed by atoms with van der Waals surface area (Å²) in [6.07, 6.45) is 3.62. The van der Waals surface area contributed by atoms with Crippen LogP contribution >= 0.6 is 0 Å². The van der Waals surface area contributed by atoms with Gasteiger partial charge in [0.25, 0.3) is 5.91 Å². The summed E-state index contributed by atoms with van der Waals surface area (Å²) in [5, 5.41) is 0. The van der Waals surface area contributed by atoms with E-state index in [4.69, 9.17) is 0 Å². The van der Waals surface area contributed by atoms with Crippen LogP contribution in [-0.2, 0) is 0 Å². The summed E-state index contributed by atoms with van der Waals surface area (Å²) < 4.78 is 14.0. The second-order valence-corrected chi connectivity index (χ2v) is 4.98. The molecule has 0 N–H and O–H groups in total.